The number of halogens is 1. The molecule has 1 aliphatic rings. The summed E-state index contributed by atoms with van der Waals surface area (Å²) >= 11 is 3.32. The van der Waals surface area contributed by atoms with E-state index in [0.29, 0.717) is 5.69 Å². The zero-order chi connectivity index (χ0) is 11.0. The van der Waals surface area contributed by atoms with Crippen molar-refractivity contribution in [3.05, 3.63) is 28.7 Å². The molecule has 1 N–H and O–H groups in total. The monoisotopic (exact) mass is 268 g/mol. The molecule has 0 saturated carbocycles. The SMILES string of the molecule is CC1C(=O)NC(=O)N1c1cccc(Br)c1. The Bertz CT molecular complexity index is 433. The number of rotatable bonds is 1. The van der Waals surface area contributed by atoms with Crippen LogP contribution >= 0.6 is 15.9 Å². The summed E-state index contributed by atoms with van der Waals surface area (Å²) < 4.78 is 0.874. The molecule has 0 aromatic heterocycles. The quantitative estimate of drug-likeness (QED) is 0.791. The second kappa shape index (κ2) is 3.66. The van der Waals surface area contributed by atoms with E-state index in [1.807, 2.05) is 12.1 Å². The normalized spacial score (nSPS) is 20.7. The zero-order valence-electron chi connectivity index (χ0n) is 8.03. The summed E-state index contributed by atoms with van der Waals surface area (Å²) in [6.45, 7) is 1.70. The number of amides is 3. The Morgan fingerprint density at radius 2 is 2.13 bits per heavy atom. The molecular weight excluding hydrogens is 260 g/mol. The van der Waals surface area contributed by atoms with Crippen molar-refractivity contribution in [2.24, 2.45) is 0 Å². The van der Waals surface area contributed by atoms with Gasteiger partial charge in [-0.25, -0.2) is 4.79 Å². The molecule has 0 aliphatic carbocycles. The van der Waals surface area contributed by atoms with E-state index in [2.05, 4.69) is 21.2 Å². The number of nitrogens with one attached hydrogen (secondary N) is 1. The third-order valence-corrected chi connectivity index (χ3v) is 2.80. The second-order valence-electron chi connectivity index (χ2n) is 3.32. The predicted molar refractivity (Wildman–Crippen MR) is 59.6 cm³/mol. The third-order valence-electron chi connectivity index (χ3n) is 2.30. The summed E-state index contributed by atoms with van der Waals surface area (Å²) in [4.78, 5) is 24.2. The molecule has 1 saturated heterocycles. The first kappa shape index (κ1) is 10.2. The minimum atomic E-state index is -0.452. The highest BCUT2D eigenvalue weighted by Gasteiger charge is 2.35. The Morgan fingerprint density at radius 3 is 2.67 bits per heavy atom. The maximum Gasteiger partial charge on any atom is 0.329 e. The standard InChI is InChI=1S/C10H9BrN2O2/c1-6-9(14)12-10(15)13(6)8-4-2-3-7(11)5-8/h2-6H,1H3,(H,12,14,15). The fourth-order valence-electron chi connectivity index (χ4n) is 1.53. The number of carbonyl (C=O) groups excluding carboxylic acids is 2. The molecule has 1 atom stereocenters. The van der Waals surface area contributed by atoms with E-state index >= 15 is 0 Å². The maximum atomic E-state index is 11.5. The Kier molecular flexibility index (Phi) is 2.48. The van der Waals surface area contributed by atoms with Gasteiger partial charge in [0.2, 0.25) is 0 Å². The van der Waals surface area contributed by atoms with E-state index in [-0.39, 0.29) is 11.9 Å². The first-order valence-electron chi connectivity index (χ1n) is 4.49. The van der Waals surface area contributed by atoms with Gasteiger partial charge in [-0.05, 0) is 25.1 Å². The van der Waals surface area contributed by atoms with E-state index in [0.717, 1.165) is 4.47 Å². The lowest BCUT2D eigenvalue weighted by Gasteiger charge is -2.18. The molecule has 4 nitrogen and oxygen atoms in total. The van der Waals surface area contributed by atoms with Crippen LogP contribution < -0.4 is 10.2 Å². The summed E-state index contributed by atoms with van der Waals surface area (Å²) in [5.74, 6) is -0.264. The van der Waals surface area contributed by atoms with Crippen molar-refractivity contribution in [3.8, 4) is 0 Å². The van der Waals surface area contributed by atoms with Crippen LogP contribution in [0.25, 0.3) is 0 Å². The second-order valence-corrected chi connectivity index (χ2v) is 4.24. The average Bonchev–Trinajstić information content (AvgIpc) is 2.41. The molecule has 1 aliphatic heterocycles. The minimum Gasteiger partial charge on any atom is -0.282 e. The summed E-state index contributed by atoms with van der Waals surface area (Å²) in [6, 6.07) is 6.46. The van der Waals surface area contributed by atoms with E-state index in [1.165, 1.54) is 4.90 Å². The lowest BCUT2D eigenvalue weighted by atomic mass is 10.2. The number of hydrogen-bond donors (Lipinski definition) is 1. The number of urea groups is 1. The van der Waals surface area contributed by atoms with Crippen molar-refractivity contribution in [1.29, 1.82) is 0 Å². The van der Waals surface area contributed by atoms with Gasteiger partial charge in [-0.3, -0.25) is 15.0 Å². The molecule has 1 aromatic carbocycles. The van der Waals surface area contributed by atoms with E-state index in [1.54, 1.807) is 19.1 Å². The molecule has 1 heterocycles. The van der Waals surface area contributed by atoms with Crippen molar-refractivity contribution < 1.29 is 9.59 Å². The lowest BCUT2D eigenvalue weighted by Crippen LogP contribution is -2.32. The molecule has 0 radical (unpaired) electrons. The number of benzene rings is 1. The van der Waals surface area contributed by atoms with Crippen LogP contribution in [0.1, 0.15) is 6.92 Å². The molecule has 0 bridgehead atoms. The third kappa shape index (κ3) is 1.74. The molecule has 1 unspecified atom stereocenters. The van der Waals surface area contributed by atoms with Gasteiger partial charge in [0.15, 0.2) is 0 Å². The Balaban J connectivity index is 2.39. The highest BCUT2D eigenvalue weighted by Crippen LogP contribution is 2.24. The Morgan fingerprint density at radius 1 is 1.40 bits per heavy atom. The van der Waals surface area contributed by atoms with Gasteiger partial charge >= 0.3 is 6.03 Å². The van der Waals surface area contributed by atoms with Crippen LogP contribution in [0.15, 0.2) is 28.7 Å². The fraction of sp³-hybridized carbons (Fsp3) is 0.200. The van der Waals surface area contributed by atoms with Gasteiger partial charge in [0.1, 0.15) is 6.04 Å². The number of imide groups is 1. The maximum absolute atomic E-state index is 11.5. The van der Waals surface area contributed by atoms with E-state index < -0.39 is 6.04 Å². The topological polar surface area (TPSA) is 49.4 Å². The number of nitrogens with zero attached hydrogens (tertiary/aromatic N) is 1. The fourth-order valence-corrected chi connectivity index (χ4v) is 1.92. The lowest BCUT2D eigenvalue weighted by molar-refractivity contribution is -0.119. The molecule has 0 spiro atoms. The van der Waals surface area contributed by atoms with Crippen molar-refractivity contribution in [3.63, 3.8) is 0 Å². The van der Waals surface area contributed by atoms with Crippen LogP contribution in [0.5, 0.6) is 0 Å². The van der Waals surface area contributed by atoms with Gasteiger partial charge in [-0.1, -0.05) is 22.0 Å². The Labute approximate surface area is 95.4 Å². The molecule has 2 rings (SSSR count). The predicted octanol–water partition coefficient (Wildman–Crippen LogP) is 1.89. The van der Waals surface area contributed by atoms with E-state index in [4.69, 9.17) is 0 Å². The van der Waals surface area contributed by atoms with Crippen LogP contribution in [0.3, 0.4) is 0 Å². The van der Waals surface area contributed by atoms with E-state index in [9.17, 15) is 9.59 Å². The molecule has 15 heavy (non-hydrogen) atoms. The summed E-state index contributed by atoms with van der Waals surface area (Å²) in [7, 11) is 0. The van der Waals surface area contributed by atoms with Gasteiger partial charge in [0.05, 0.1) is 0 Å². The Hall–Kier alpha value is -1.36. The first-order chi connectivity index (χ1) is 7.09. The highest BCUT2D eigenvalue weighted by atomic mass is 79.9. The minimum absolute atomic E-state index is 0.264. The van der Waals surface area contributed by atoms with Crippen molar-refractivity contribution >= 4 is 33.6 Å². The van der Waals surface area contributed by atoms with Crippen LogP contribution in [0, 0.1) is 0 Å². The van der Waals surface area contributed by atoms with Gasteiger partial charge in [0, 0.05) is 10.2 Å². The van der Waals surface area contributed by atoms with Crippen LogP contribution in [-0.2, 0) is 4.79 Å². The van der Waals surface area contributed by atoms with Gasteiger partial charge in [0.25, 0.3) is 5.91 Å². The average molecular weight is 269 g/mol. The van der Waals surface area contributed by atoms with Crippen LogP contribution in [0.2, 0.25) is 0 Å². The van der Waals surface area contributed by atoms with Gasteiger partial charge in [-0.2, -0.15) is 0 Å². The summed E-state index contributed by atoms with van der Waals surface area (Å²) in [5.41, 5.74) is 0.709. The zero-order valence-corrected chi connectivity index (χ0v) is 9.61. The van der Waals surface area contributed by atoms with Gasteiger partial charge in [-0.15, -0.1) is 0 Å². The van der Waals surface area contributed by atoms with Crippen molar-refractivity contribution in [2.45, 2.75) is 13.0 Å². The number of carbonyl (C=O) groups is 2. The van der Waals surface area contributed by atoms with Crippen molar-refractivity contribution in [2.75, 3.05) is 4.90 Å². The number of hydrogen-bond acceptors (Lipinski definition) is 2. The summed E-state index contributed by atoms with van der Waals surface area (Å²) in [5, 5.41) is 2.27. The van der Waals surface area contributed by atoms with Crippen LogP contribution in [0.4, 0.5) is 10.5 Å². The van der Waals surface area contributed by atoms with Crippen molar-refractivity contribution in [1.82, 2.24) is 5.32 Å². The van der Waals surface area contributed by atoms with Crippen LogP contribution in [-0.4, -0.2) is 18.0 Å². The molecule has 1 fully saturated rings. The first-order valence-corrected chi connectivity index (χ1v) is 5.28. The summed E-state index contributed by atoms with van der Waals surface area (Å²) in [6.07, 6.45) is 0. The molecule has 5 heteroatoms. The molecule has 3 amide bonds. The molecule has 78 valence electrons. The largest absolute Gasteiger partial charge is 0.329 e. The molecule has 1 aromatic rings. The van der Waals surface area contributed by atoms with Gasteiger partial charge < -0.3 is 0 Å². The number of anilines is 1. The smallest absolute Gasteiger partial charge is 0.282 e. The highest BCUT2D eigenvalue weighted by molar-refractivity contribution is 9.10. The molecular formula is C10H9BrN2O2.